The molecule has 1 amide bonds. The fourth-order valence-corrected chi connectivity index (χ4v) is 1.95. The summed E-state index contributed by atoms with van der Waals surface area (Å²) < 4.78 is 32.7. The van der Waals surface area contributed by atoms with E-state index in [2.05, 4.69) is 14.6 Å². The third-order valence-electron chi connectivity index (χ3n) is 1.85. The molecule has 0 aliphatic rings. The number of nitrogens with zero attached hydrogens (tertiary/aromatic N) is 2. The van der Waals surface area contributed by atoms with Crippen molar-refractivity contribution >= 4 is 22.1 Å². The normalized spacial score (nSPS) is 11.1. The van der Waals surface area contributed by atoms with Crippen LogP contribution in [0.5, 0.6) is 0 Å². The van der Waals surface area contributed by atoms with Gasteiger partial charge in [-0.15, -0.1) is 0 Å². The fraction of sp³-hybridized carbons (Fsp3) is 0.500. The van der Waals surface area contributed by atoms with E-state index in [1.54, 1.807) is 24.9 Å². The maximum atomic E-state index is 11.5. The molecule has 0 unspecified atom stereocenters. The predicted octanol–water partition coefficient (Wildman–Crippen LogP) is -0.718. The Balaban J connectivity index is 2.79. The number of nitrogens with one attached hydrogen (secondary N) is 2. The van der Waals surface area contributed by atoms with Crippen LogP contribution in [0.15, 0.2) is 6.20 Å². The number of anilines is 1. The predicted molar refractivity (Wildman–Crippen MR) is 63.8 cm³/mol. The SMILES string of the molecule is CCOC(=O)NS(=O)(=O)Nc1nn(C)cc1CN. The molecule has 18 heavy (non-hydrogen) atoms. The molecule has 0 atom stereocenters. The van der Waals surface area contributed by atoms with E-state index in [0.717, 1.165) is 0 Å². The molecule has 0 saturated heterocycles. The average Bonchev–Trinajstić information content (AvgIpc) is 2.56. The lowest BCUT2D eigenvalue weighted by Gasteiger charge is -2.08. The molecule has 0 bridgehead atoms. The summed E-state index contributed by atoms with van der Waals surface area (Å²) in [6.45, 7) is 1.75. The van der Waals surface area contributed by atoms with Gasteiger partial charge < -0.3 is 10.5 Å². The van der Waals surface area contributed by atoms with Crippen LogP contribution >= 0.6 is 0 Å². The second-order valence-electron chi connectivity index (χ2n) is 3.31. The van der Waals surface area contributed by atoms with Gasteiger partial charge in [0.05, 0.1) is 6.61 Å². The van der Waals surface area contributed by atoms with Crippen LogP contribution in [0.3, 0.4) is 0 Å². The number of carbonyl (C=O) groups is 1. The van der Waals surface area contributed by atoms with Crippen molar-refractivity contribution in [3.63, 3.8) is 0 Å². The van der Waals surface area contributed by atoms with Crippen molar-refractivity contribution in [1.82, 2.24) is 14.5 Å². The largest absolute Gasteiger partial charge is 0.449 e. The quantitative estimate of drug-likeness (QED) is 0.651. The third kappa shape index (κ3) is 3.89. The van der Waals surface area contributed by atoms with Gasteiger partial charge in [-0.3, -0.25) is 4.68 Å². The first kappa shape index (κ1) is 14.3. The van der Waals surface area contributed by atoms with Gasteiger partial charge in [-0.25, -0.2) is 14.2 Å². The summed E-state index contributed by atoms with van der Waals surface area (Å²) in [6, 6.07) is 0. The minimum atomic E-state index is -4.08. The molecule has 0 spiro atoms. The van der Waals surface area contributed by atoms with Crippen LogP contribution in [0.25, 0.3) is 0 Å². The lowest BCUT2D eigenvalue weighted by Crippen LogP contribution is -2.36. The Morgan fingerprint density at radius 3 is 2.83 bits per heavy atom. The van der Waals surface area contributed by atoms with Gasteiger partial charge in [-0.2, -0.15) is 13.5 Å². The second kappa shape index (κ2) is 5.69. The number of carbonyl (C=O) groups excluding carboxylic acids is 1. The number of rotatable bonds is 5. The van der Waals surface area contributed by atoms with Crippen LogP contribution in [0, 0.1) is 0 Å². The Kier molecular flexibility index (Phi) is 4.50. The zero-order chi connectivity index (χ0) is 13.8. The molecule has 9 nitrogen and oxygen atoms in total. The molecular formula is C8H15N5O4S. The van der Waals surface area contributed by atoms with Crippen molar-refractivity contribution in [1.29, 1.82) is 0 Å². The van der Waals surface area contributed by atoms with Crippen LogP contribution in [0.4, 0.5) is 10.6 Å². The molecule has 1 aromatic heterocycles. The number of ether oxygens (including phenoxy) is 1. The standard InChI is InChI=1S/C8H15N5O4S/c1-3-17-8(14)12-18(15,16)11-7-6(4-9)5-13(2)10-7/h5H,3-4,9H2,1-2H3,(H,10,11)(H,12,14). The van der Waals surface area contributed by atoms with E-state index in [9.17, 15) is 13.2 Å². The molecule has 0 saturated carbocycles. The molecule has 102 valence electrons. The Morgan fingerprint density at radius 2 is 2.28 bits per heavy atom. The summed E-state index contributed by atoms with van der Waals surface area (Å²) in [4.78, 5) is 11.0. The van der Waals surface area contributed by atoms with Crippen molar-refractivity contribution in [3.05, 3.63) is 11.8 Å². The maximum absolute atomic E-state index is 11.5. The van der Waals surface area contributed by atoms with Crippen molar-refractivity contribution in [2.45, 2.75) is 13.5 Å². The summed E-state index contributed by atoms with van der Waals surface area (Å²) in [5.41, 5.74) is 5.94. The number of nitrogens with two attached hydrogens (primary N) is 1. The molecule has 1 rings (SSSR count). The molecule has 0 aliphatic carbocycles. The molecule has 0 aromatic carbocycles. The van der Waals surface area contributed by atoms with E-state index >= 15 is 0 Å². The van der Waals surface area contributed by atoms with Crippen molar-refractivity contribution in [3.8, 4) is 0 Å². The monoisotopic (exact) mass is 277 g/mol. The lowest BCUT2D eigenvalue weighted by molar-refractivity contribution is 0.159. The molecular weight excluding hydrogens is 262 g/mol. The minimum Gasteiger partial charge on any atom is -0.449 e. The van der Waals surface area contributed by atoms with Crippen LogP contribution in [0.1, 0.15) is 12.5 Å². The van der Waals surface area contributed by atoms with E-state index in [0.29, 0.717) is 5.56 Å². The fourth-order valence-electron chi connectivity index (χ4n) is 1.20. The smallest absolute Gasteiger partial charge is 0.422 e. The topological polar surface area (TPSA) is 128 Å². The van der Waals surface area contributed by atoms with Crippen LogP contribution in [0.2, 0.25) is 0 Å². The van der Waals surface area contributed by atoms with E-state index < -0.39 is 16.3 Å². The number of hydrogen-bond acceptors (Lipinski definition) is 6. The highest BCUT2D eigenvalue weighted by Crippen LogP contribution is 2.12. The molecule has 1 heterocycles. The lowest BCUT2D eigenvalue weighted by atomic mass is 10.3. The second-order valence-corrected chi connectivity index (χ2v) is 4.72. The van der Waals surface area contributed by atoms with Crippen molar-refractivity contribution < 1.29 is 17.9 Å². The summed E-state index contributed by atoms with van der Waals surface area (Å²) >= 11 is 0. The molecule has 4 N–H and O–H groups in total. The van der Waals surface area contributed by atoms with Gasteiger partial charge in [-0.05, 0) is 6.92 Å². The summed E-state index contributed by atoms with van der Waals surface area (Å²) in [5.74, 6) is 0.0665. The molecule has 0 aliphatic heterocycles. The number of hydrogen-bond donors (Lipinski definition) is 3. The Hall–Kier alpha value is -1.81. The first-order valence-corrected chi connectivity index (χ1v) is 6.56. The zero-order valence-electron chi connectivity index (χ0n) is 10.0. The molecule has 0 fully saturated rings. The van der Waals surface area contributed by atoms with Gasteiger partial charge in [0.2, 0.25) is 0 Å². The van der Waals surface area contributed by atoms with Gasteiger partial charge in [0.1, 0.15) is 0 Å². The van der Waals surface area contributed by atoms with Crippen molar-refractivity contribution in [2.24, 2.45) is 12.8 Å². The van der Waals surface area contributed by atoms with Gasteiger partial charge in [0.25, 0.3) is 0 Å². The third-order valence-corrected chi connectivity index (χ3v) is 2.75. The Morgan fingerprint density at radius 1 is 1.61 bits per heavy atom. The van der Waals surface area contributed by atoms with E-state index in [1.807, 2.05) is 0 Å². The summed E-state index contributed by atoms with van der Waals surface area (Å²) in [5, 5.41) is 3.87. The highest BCUT2D eigenvalue weighted by Gasteiger charge is 2.18. The average molecular weight is 277 g/mol. The van der Waals surface area contributed by atoms with E-state index in [4.69, 9.17) is 5.73 Å². The van der Waals surface area contributed by atoms with Crippen LogP contribution < -0.4 is 15.2 Å². The summed E-state index contributed by atoms with van der Waals surface area (Å²) in [7, 11) is -2.46. The minimum absolute atomic E-state index is 0.0665. The van der Waals surface area contributed by atoms with Gasteiger partial charge in [0, 0.05) is 25.4 Å². The van der Waals surface area contributed by atoms with Crippen molar-refractivity contribution in [2.75, 3.05) is 11.3 Å². The number of aryl methyl sites for hydroxylation is 1. The van der Waals surface area contributed by atoms with Crippen LogP contribution in [-0.2, 0) is 28.5 Å². The zero-order valence-corrected chi connectivity index (χ0v) is 10.8. The Labute approximate surface area is 104 Å². The van der Waals surface area contributed by atoms with E-state index in [1.165, 1.54) is 4.68 Å². The highest BCUT2D eigenvalue weighted by molar-refractivity contribution is 7.91. The Bertz CT molecular complexity index is 524. The molecule has 0 radical (unpaired) electrons. The number of aromatic nitrogens is 2. The van der Waals surface area contributed by atoms with Gasteiger partial charge >= 0.3 is 16.3 Å². The first-order valence-electron chi connectivity index (χ1n) is 5.08. The van der Waals surface area contributed by atoms with Crippen LogP contribution in [-0.4, -0.2) is 30.9 Å². The van der Waals surface area contributed by atoms with Gasteiger partial charge in [0.15, 0.2) is 5.82 Å². The maximum Gasteiger partial charge on any atom is 0.422 e. The first-order chi connectivity index (χ1) is 8.38. The highest BCUT2D eigenvalue weighted by atomic mass is 32.2. The molecule has 10 heteroatoms. The molecule has 1 aromatic rings. The number of amides is 1. The summed E-state index contributed by atoms with van der Waals surface area (Å²) in [6.07, 6.45) is 0.512. The van der Waals surface area contributed by atoms with Gasteiger partial charge in [-0.1, -0.05) is 0 Å². The van der Waals surface area contributed by atoms with E-state index in [-0.39, 0.29) is 19.0 Å².